The van der Waals surface area contributed by atoms with Gasteiger partial charge < -0.3 is 14.6 Å². The lowest BCUT2D eigenvalue weighted by atomic mass is 9.87. The number of rotatable bonds is 4. The molecule has 0 bridgehead atoms. The van der Waals surface area contributed by atoms with Gasteiger partial charge in [0.25, 0.3) is 0 Å². The molecule has 5 heteroatoms. The number of methoxy groups -OCH3 is 1. The van der Waals surface area contributed by atoms with Crippen molar-refractivity contribution in [3.63, 3.8) is 0 Å². The van der Waals surface area contributed by atoms with Gasteiger partial charge in [-0.25, -0.2) is 4.98 Å². The highest BCUT2D eigenvalue weighted by Crippen LogP contribution is 2.37. The number of hydrogen-bond acceptors (Lipinski definition) is 4. The van der Waals surface area contributed by atoms with E-state index in [1.165, 1.54) is 47.8 Å². The number of nitrogens with zero attached hydrogens (tertiary/aromatic N) is 2. The van der Waals surface area contributed by atoms with Crippen molar-refractivity contribution in [1.29, 1.82) is 0 Å². The first-order valence-electron chi connectivity index (χ1n) is 9.42. The molecule has 2 aromatic heterocycles. The maximum Gasteiger partial charge on any atom is 0.183 e. The summed E-state index contributed by atoms with van der Waals surface area (Å²) in [6, 6.07) is 6.82. The Kier molecular flexibility index (Phi) is 4.65. The number of nitrogens with one attached hydrogen (secondary N) is 1. The van der Waals surface area contributed by atoms with Gasteiger partial charge in [-0.15, -0.1) is 11.3 Å². The van der Waals surface area contributed by atoms with Crippen LogP contribution in [-0.2, 0) is 7.05 Å². The molecule has 138 valence electrons. The molecule has 0 radical (unpaired) electrons. The van der Waals surface area contributed by atoms with Gasteiger partial charge in [0.05, 0.1) is 12.8 Å². The van der Waals surface area contributed by atoms with Crippen LogP contribution in [0.4, 0.5) is 5.13 Å². The van der Waals surface area contributed by atoms with E-state index in [2.05, 4.69) is 48.3 Å². The van der Waals surface area contributed by atoms with E-state index in [-0.39, 0.29) is 0 Å². The third-order valence-corrected chi connectivity index (χ3v) is 6.50. The highest BCUT2D eigenvalue weighted by Gasteiger charge is 2.21. The SMILES string of the molecule is COc1ccc2c(c1)c(-c1csc(N[C@H]3CCC[C@@H](C)C3)n1)c(C)n2C. The first-order valence-corrected chi connectivity index (χ1v) is 10.3. The zero-order valence-electron chi connectivity index (χ0n) is 16.0. The fraction of sp³-hybridized carbons (Fsp3) is 0.476. The molecule has 3 aromatic rings. The standard InChI is InChI=1S/C21H27N3OS/c1-13-6-5-7-15(10-13)22-21-23-18(12-26-21)20-14(2)24(3)19-9-8-16(25-4)11-17(19)20/h8-9,11-13,15H,5-7,10H2,1-4H3,(H,22,23)/t13-,15+/m1/s1. The van der Waals surface area contributed by atoms with Crippen molar-refractivity contribution in [2.75, 3.05) is 12.4 Å². The Labute approximate surface area is 159 Å². The Morgan fingerprint density at radius 2 is 2.15 bits per heavy atom. The van der Waals surface area contributed by atoms with Crippen LogP contribution in [0.1, 0.15) is 38.3 Å². The van der Waals surface area contributed by atoms with E-state index >= 15 is 0 Å². The zero-order valence-corrected chi connectivity index (χ0v) is 16.8. The summed E-state index contributed by atoms with van der Waals surface area (Å²) in [7, 11) is 3.83. The summed E-state index contributed by atoms with van der Waals surface area (Å²) < 4.78 is 7.67. The second kappa shape index (κ2) is 6.95. The molecule has 1 aromatic carbocycles. The Morgan fingerprint density at radius 3 is 2.92 bits per heavy atom. The highest BCUT2D eigenvalue weighted by molar-refractivity contribution is 7.14. The largest absolute Gasteiger partial charge is 0.497 e. The average molecular weight is 370 g/mol. The molecule has 26 heavy (non-hydrogen) atoms. The highest BCUT2D eigenvalue weighted by atomic mass is 32.1. The predicted octanol–water partition coefficient (Wildman–Crippen LogP) is 5.61. The molecule has 1 saturated carbocycles. The minimum atomic E-state index is 0.562. The molecule has 1 fully saturated rings. The van der Waals surface area contributed by atoms with Gasteiger partial charge in [-0.2, -0.15) is 0 Å². The zero-order chi connectivity index (χ0) is 18.3. The van der Waals surface area contributed by atoms with Crippen molar-refractivity contribution < 1.29 is 4.74 Å². The van der Waals surface area contributed by atoms with Gasteiger partial charge in [-0.3, -0.25) is 0 Å². The Hall–Kier alpha value is -2.01. The molecule has 0 aliphatic heterocycles. The quantitative estimate of drug-likeness (QED) is 0.650. The van der Waals surface area contributed by atoms with E-state index in [0.29, 0.717) is 6.04 Å². The molecule has 1 aliphatic rings. The molecule has 0 amide bonds. The lowest BCUT2D eigenvalue weighted by Gasteiger charge is -2.27. The van der Waals surface area contributed by atoms with Crippen LogP contribution in [0.2, 0.25) is 0 Å². The summed E-state index contributed by atoms with van der Waals surface area (Å²) in [6.45, 7) is 4.52. The van der Waals surface area contributed by atoms with E-state index in [4.69, 9.17) is 9.72 Å². The Bertz CT molecular complexity index is 927. The molecular formula is C21H27N3OS. The number of ether oxygens (including phenoxy) is 1. The van der Waals surface area contributed by atoms with Gasteiger partial charge in [0.1, 0.15) is 5.75 Å². The molecule has 2 atom stereocenters. The van der Waals surface area contributed by atoms with Crippen LogP contribution < -0.4 is 10.1 Å². The van der Waals surface area contributed by atoms with Crippen LogP contribution in [0.25, 0.3) is 22.2 Å². The van der Waals surface area contributed by atoms with Crippen molar-refractivity contribution in [3.05, 3.63) is 29.3 Å². The van der Waals surface area contributed by atoms with E-state index in [1.54, 1.807) is 18.4 Å². The Morgan fingerprint density at radius 1 is 1.31 bits per heavy atom. The van der Waals surface area contributed by atoms with Crippen molar-refractivity contribution in [2.45, 2.75) is 45.6 Å². The van der Waals surface area contributed by atoms with Gasteiger partial charge in [-0.1, -0.05) is 19.8 Å². The molecule has 2 heterocycles. The van der Waals surface area contributed by atoms with Crippen LogP contribution in [0.15, 0.2) is 23.6 Å². The van der Waals surface area contributed by atoms with Crippen molar-refractivity contribution in [1.82, 2.24) is 9.55 Å². The van der Waals surface area contributed by atoms with E-state index in [1.807, 2.05) is 6.07 Å². The molecular weight excluding hydrogens is 342 g/mol. The minimum Gasteiger partial charge on any atom is -0.497 e. The van der Waals surface area contributed by atoms with Gasteiger partial charge in [-0.05, 0) is 43.9 Å². The molecule has 0 spiro atoms. The number of fused-ring (bicyclic) bond motifs is 1. The number of benzene rings is 1. The Balaban J connectivity index is 1.68. The second-order valence-electron chi connectivity index (χ2n) is 7.55. The number of aryl methyl sites for hydroxylation is 1. The van der Waals surface area contributed by atoms with Crippen LogP contribution in [0.5, 0.6) is 5.75 Å². The summed E-state index contributed by atoms with van der Waals surface area (Å²) >= 11 is 1.71. The van der Waals surface area contributed by atoms with Gasteiger partial charge >= 0.3 is 0 Å². The van der Waals surface area contributed by atoms with Gasteiger partial charge in [0, 0.05) is 40.6 Å². The molecule has 0 unspecified atom stereocenters. The van der Waals surface area contributed by atoms with Crippen molar-refractivity contribution >= 4 is 27.4 Å². The van der Waals surface area contributed by atoms with E-state index in [0.717, 1.165) is 22.5 Å². The lowest BCUT2D eigenvalue weighted by Crippen LogP contribution is -2.26. The maximum atomic E-state index is 5.44. The third-order valence-electron chi connectivity index (χ3n) is 5.72. The van der Waals surface area contributed by atoms with E-state index < -0.39 is 0 Å². The van der Waals surface area contributed by atoms with Gasteiger partial charge in [0.2, 0.25) is 0 Å². The maximum absolute atomic E-state index is 5.44. The summed E-state index contributed by atoms with van der Waals surface area (Å²) in [6.07, 6.45) is 5.18. The monoisotopic (exact) mass is 369 g/mol. The minimum absolute atomic E-state index is 0.562. The molecule has 1 aliphatic carbocycles. The number of aromatic nitrogens is 2. The summed E-state index contributed by atoms with van der Waals surface area (Å²) in [5.41, 5.74) is 4.71. The van der Waals surface area contributed by atoms with Crippen LogP contribution in [0.3, 0.4) is 0 Å². The number of hydrogen-bond donors (Lipinski definition) is 1. The lowest BCUT2D eigenvalue weighted by molar-refractivity contribution is 0.358. The van der Waals surface area contributed by atoms with Crippen LogP contribution >= 0.6 is 11.3 Å². The topological polar surface area (TPSA) is 39.1 Å². The molecule has 4 rings (SSSR count). The summed E-state index contributed by atoms with van der Waals surface area (Å²) in [5, 5.41) is 8.09. The fourth-order valence-electron chi connectivity index (χ4n) is 4.20. The normalized spacial score (nSPS) is 20.5. The fourth-order valence-corrected chi connectivity index (χ4v) is 4.98. The molecule has 1 N–H and O–H groups in total. The number of thiazole rings is 1. The number of anilines is 1. The van der Waals surface area contributed by atoms with Crippen LogP contribution in [0, 0.1) is 12.8 Å². The molecule has 4 nitrogen and oxygen atoms in total. The summed E-state index contributed by atoms with van der Waals surface area (Å²) in [5.74, 6) is 1.70. The first-order chi connectivity index (χ1) is 12.6. The molecule has 0 saturated heterocycles. The second-order valence-corrected chi connectivity index (χ2v) is 8.41. The third kappa shape index (κ3) is 3.09. The van der Waals surface area contributed by atoms with Gasteiger partial charge in [0.15, 0.2) is 5.13 Å². The van der Waals surface area contributed by atoms with Crippen molar-refractivity contribution in [3.8, 4) is 17.0 Å². The van der Waals surface area contributed by atoms with E-state index in [9.17, 15) is 0 Å². The predicted molar refractivity (Wildman–Crippen MR) is 110 cm³/mol. The first kappa shape index (κ1) is 17.4. The van der Waals surface area contributed by atoms with Crippen LogP contribution in [-0.4, -0.2) is 22.7 Å². The summed E-state index contributed by atoms with van der Waals surface area (Å²) in [4.78, 5) is 4.93. The smallest absolute Gasteiger partial charge is 0.183 e. The van der Waals surface area contributed by atoms with Crippen molar-refractivity contribution in [2.24, 2.45) is 13.0 Å². The average Bonchev–Trinajstić information content (AvgIpc) is 3.18.